The van der Waals surface area contributed by atoms with Gasteiger partial charge in [0.05, 0.1) is 0 Å². The van der Waals surface area contributed by atoms with Crippen molar-refractivity contribution >= 4 is 11.9 Å². The van der Waals surface area contributed by atoms with E-state index in [1.54, 1.807) is 9.47 Å². The van der Waals surface area contributed by atoms with Gasteiger partial charge in [0.2, 0.25) is 5.43 Å². The van der Waals surface area contributed by atoms with Gasteiger partial charge in [-0.2, -0.15) is 0 Å². The molecule has 0 spiro atoms. The van der Waals surface area contributed by atoms with E-state index in [0.717, 1.165) is 24.8 Å². The van der Waals surface area contributed by atoms with E-state index in [4.69, 9.17) is 4.74 Å². The Balaban J connectivity index is 1.79. The Morgan fingerprint density at radius 2 is 1.96 bits per heavy atom. The van der Waals surface area contributed by atoms with Crippen LogP contribution in [0.1, 0.15) is 45.7 Å². The predicted octanol–water partition coefficient (Wildman–Crippen LogP) is 2.13. The lowest BCUT2D eigenvalue weighted by Crippen LogP contribution is -2.51. The van der Waals surface area contributed by atoms with Crippen LogP contribution in [0.25, 0.3) is 0 Å². The minimum atomic E-state index is -1.32. The molecule has 1 N–H and O–H groups in total. The second-order valence-electron chi connectivity index (χ2n) is 6.93. The van der Waals surface area contributed by atoms with Crippen molar-refractivity contribution in [3.8, 4) is 5.75 Å². The summed E-state index contributed by atoms with van der Waals surface area (Å²) in [5.41, 5.74) is -0.151. The molecule has 1 atom stereocenters. The molecule has 0 radical (unpaired) electrons. The minimum absolute atomic E-state index is 0.0323. The molecule has 4 rings (SSSR count). The van der Waals surface area contributed by atoms with E-state index >= 15 is 0 Å². The molecule has 1 aromatic heterocycles. The van der Waals surface area contributed by atoms with Crippen LogP contribution in [-0.2, 0) is 13.2 Å². The van der Waals surface area contributed by atoms with E-state index in [9.17, 15) is 19.5 Å². The molecule has 1 fully saturated rings. The average molecular weight is 368 g/mol. The molecule has 0 aliphatic carbocycles. The number of benzene rings is 1. The molecule has 0 unspecified atom stereocenters. The highest BCUT2D eigenvalue weighted by Gasteiger charge is 2.37. The van der Waals surface area contributed by atoms with Gasteiger partial charge in [-0.15, -0.1) is 0 Å². The summed E-state index contributed by atoms with van der Waals surface area (Å²) in [5, 5.41) is 9.41. The summed E-state index contributed by atoms with van der Waals surface area (Å²) >= 11 is 0. The van der Waals surface area contributed by atoms with Crippen LogP contribution in [0.3, 0.4) is 0 Å². The van der Waals surface area contributed by atoms with Crippen LogP contribution in [0.5, 0.6) is 5.75 Å². The first kappa shape index (κ1) is 17.3. The summed E-state index contributed by atoms with van der Waals surface area (Å²) in [6.07, 6.45) is 4.12. The van der Waals surface area contributed by atoms with Crippen molar-refractivity contribution < 1.29 is 19.4 Å². The fourth-order valence-corrected chi connectivity index (χ4v) is 3.84. The van der Waals surface area contributed by atoms with Gasteiger partial charge in [-0.3, -0.25) is 9.59 Å². The Kier molecular flexibility index (Phi) is 4.43. The van der Waals surface area contributed by atoms with Crippen LogP contribution >= 0.6 is 0 Å². The molecule has 1 amide bonds. The molecule has 3 heterocycles. The molecule has 0 bridgehead atoms. The van der Waals surface area contributed by atoms with Gasteiger partial charge in [0.15, 0.2) is 11.4 Å². The maximum atomic E-state index is 13.1. The number of piperidine rings is 1. The highest BCUT2D eigenvalue weighted by atomic mass is 16.5. The number of carbonyl (C=O) groups is 2. The summed E-state index contributed by atoms with van der Waals surface area (Å²) in [5.74, 6) is -1.76. The van der Waals surface area contributed by atoms with Gasteiger partial charge in [-0.1, -0.05) is 30.3 Å². The standard InChI is InChI=1S/C20H20N2O5/c23-17-15(20(25)26)11-21-10-14-8-4-5-9-22(14)19(24)16(21)18(17)27-12-13-6-2-1-3-7-13/h1-3,6-7,11,14H,4-5,8-10,12H2,(H,25,26)/t14-/m0/s1. The zero-order valence-corrected chi connectivity index (χ0v) is 14.8. The molecule has 7 nitrogen and oxygen atoms in total. The Morgan fingerprint density at radius 3 is 2.70 bits per heavy atom. The lowest BCUT2D eigenvalue weighted by atomic mass is 9.98. The van der Waals surface area contributed by atoms with E-state index in [2.05, 4.69) is 0 Å². The normalized spacial score (nSPS) is 18.6. The van der Waals surface area contributed by atoms with Crippen molar-refractivity contribution in [3.05, 3.63) is 63.6 Å². The summed E-state index contributed by atoms with van der Waals surface area (Å²) in [4.78, 5) is 39.1. The Labute approximate surface area is 155 Å². The monoisotopic (exact) mass is 368 g/mol. The Hall–Kier alpha value is -3.09. The fourth-order valence-electron chi connectivity index (χ4n) is 3.84. The third kappa shape index (κ3) is 3.09. The van der Waals surface area contributed by atoms with Crippen molar-refractivity contribution in [3.63, 3.8) is 0 Å². The summed E-state index contributed by atoms with van der Waals surface area (Å²) in [6, 6.07) is 9.27. The molecule has 1 aromatic carbocycles. The number of carboxylic acids is 1. The van der Waals surface area contributed by atoms with Gasteiger partial charge in [0.1, 0.15) is 12.2 Å². The number of hydrogen-bond acceptors (Lipinski definition) is 4. The number of aromatic nitrogens is 1. The van der Waals surface area contributed by atoms with Crippen molar-refractivity contribution in [2.45, 2.75) is 38.5 Å². The second-order valence-corrected chi connectivity index (χ2v) is 6.93. The van der Waals surface area contributed by atoms with E-state index in [1.165, 1.54) is 6.20 Å². The summed E-state index contributed by atoms with van der Waals surface area (Å²) < 4.78 is 7.30. The predicted molar refractivity (Wildman–Crippen MR) is 97.1 cm³/mol. The maximum absolute atomic E-state index is 13.1. The van der Waals surface area contributed by atoms with Gasteiger partial charge in [0, 0.05) is 25.3 Å². The van der Waals surface area contributed by atoms with Gasteiger partial charge in [-0.05, 0) is 24.8 Å². The third-order valence-corrected chi connectivity index (χ3v) is 5.19. The number of carbonyl (C=O) groups excluding carboxylic acids is 1. The summed E-state index contributed by atoms with van der Waals surface area (Å²) in [7, 11) is 0. The number of ether oxygens (including phenoxy) is 1. The second kappa shape index (κ2) is 6.90. The molecule has 7 heteroatoms. The van der Waals surface area contributed by atoms with Crippen LogP contribution in [0.15, 0.2) is 41.3 Å². The van der Waals surface area contributed by atoms with Crippen LogP contribution < -0.4 is 10.2 Å². The highest BCUT2D eigenvalue weighted by Crippen LogP contribution is 2.29. The first-order valence-corrected chi connectivity index (χ1v) is 9.04. The number of carboxylic acid groups (broad SMARTS) is 1. The molecule has 2 aliphatic heterocycles. The molecule has 2 aromatic rings. The number of fused-ring (bicyclic) bond motifs is 2. The quantitative estimate of drug-likeness (QED) is 0.893. The minimum Gasteiger partial charge on any atom is -0.483 e. The van der Waals surface area contributed by atoms with Gasteiger partial charge in [-0.25, -0.2) is 4.79 Å². The number of rotatable bonds is 4. The van der Waals surface area contributed by atoms with Crippen LogP contribution in [0.2, 0.25) is 0 Å². The molecule has 2 aliphatic rings. The smallest absolute Gasteiger partial charge is 0.341 e. The lowest BCUT2D eigenvalue weighted by molar-refractivity contribution is 0.0498. The van der Waals surface area contributed by atoms with Gasteiger partial charge >= 0.3 is 5.97 Å². The molecule has 27 heavy (non-hydrogen) atoms. The molecular weight excluding hydrogens is 348 g/mol. The lowest BCUT2D eigenvalue weighted by Gasteiger charge is -2.41. The van der Waals surface area contributed by atoms with E-state index in [0.29, 0.717) is 13.1 Å². The maximum Gasteiger partial charge on any atom is 0.341 e. The zero-order chi connectivity index (χ0) is 19.0. The molecule has 140 valence electrons. The Bertz CT molecular complexity index is 951. The highest BCUT2D eigenvalue weighted by molar-refractivity contribution is 5.97. The van der Waals surface area contributed by atoms with Crippen molar-refractivity contribution in [2.24, 2.45) is 0 Å². The van der Waals surface area contributed by atoms with Crippen molar-refractivity contribution in [1.29, 1.82) is 0 Å². The van der Waals surface area contributed by atoms with Gasteiger partial charge < -0.3 is 19.3 Å². The van der Waals surface area contributed by atoms with Crippen molar-refractivity contribution in [2.75, 3.05) is 6.54 Å². The van der Waals surface area contributed by atoms with Crippen LogP contribution in [-0.4, -0.2) is 39.0 Å². The fraction of sp³-hybridized carbons (Fsp3) is 0.350. The largest absolute Gasteiger partial charge is 0.483 e. The van der Waals surface area contributed by atoms with Crippen molar-refractivity contribution in [1.82, 2.24) is 9.47 Å². The molecule has 0 saturated carbocycles. The van der Waals surface area contributed by atoms with E-state index < -0.39 is 11.4 Å². The van der Waals surface area contributed by atoms with Crippen LogP contribution in [0, 0.1) is 0 Å². The number of amides is 1. The number of pyridine rings is 1. The Morgan fingerprint density at radius 1 is 1.19 bits per heavy atom. The van der Waals surface area contributed by atoms with E-state index in [-0.39, 0.29) is 35.6 Å². The zero-order valence-electron chi connectivity index (χ0n) is 14.8. The van der Waals surface area contributed by atoms with E-state index in [1.807, 2.05) is 30.3 Å². The topological polar surface area (TPSA) is 88.8 Å². The SMILES string of the molecule is O=C(O)c1cn2c(c(OCc3ccccc3)c1=O)C(=O)N1CCCC[C@H]1C2. The van der Waals surface area contributed by atoms with Crippen LogP contribution in [0.4, 0.5) is 0 Å². The number of nitrogens with zero attached hydrogens (tertiary/aromatic N) is 2. The number of hydrogen-bond donors (Lipinski definition) is 1. The third-order valence-electron chi connectivity index (χ3n) is 5.19. The average Bonchev–Trinajstić information content (AvgIpc) is 2.68. The number of aromatic carboxylic acids is 1. The first-order valence-electron chi connectivity index (χ1n) is 9.04. The van der Waals surface area contributed by atoms with Gasteiger partial charge in [0.25, 0.3) is 5.91 Å². The summed E-state index contributed by atoms with van der Waals surface area (Å²) in [6.45, 7) is 1.21. The molecular formula is C20H20N2O5. The molecule has 1 saturated heterocycles. The first-order chi connectivity index (χ1) is 13.1.